The van der Waals surface area contributed by atoms with Crippen LogP contribution in [-0.4, -0.2) is 27.6 Å². The van der Waals surface area contributed by atoms with Crippen molar-refractivity contribution in [3.8, 4) is 67.3 Å². The second kappa shape index (κ2) is 22.2. The number of aryl methyl sites for hydroxylation is 1. The van der Waals surface area contributed by atoms with Crippen LogP contribution in [0.2, 0.25) is 19.6 Å². The van der Waals surface area contributed by atoms with E-state index in [1.54, 1.807) is 18.2 Å². The van der Waals surface area contributed by atoms with E-state index in [-0.39, 0.29) is 31.5 Å². The van der Waals surface area contributed by atoms with Crippen LogP contribution in [0, 0.1) is 24.8 Å². The molecule has 13 rings (SSSR count). The summed E-state index contributed by atoms with van der Waals surface area (Å²) >= 11 is 0. The molecule has 0 unspecified atom stereocenters. The summed E-state index contributed by atoms with van der Waals surface area (Å²) in [7, 11) is -1.64. The number of imidazole rings is 1. The predicted octanol–water partition coefficient (Wildman–Crippen LogP) is 18.3. The first kappa shape index (κ1) is 47.8. The average Bonchev–Trinajstić information content (AvgIpc) is 4.13. The van der Waals surface area contributed by atoms with Crippen molar-refractivity contribution in [3.05, 3.63) is 253 Å². The summed E-state index contributed by atoms with van der Waals surface area (Å²) in [5.74, 6) is -0.280. The minimum atomic E-state index is -2.19. The molecule has 0 saturated carbocycles. The quantitative estimate of drug-likeness (QED) is 0.101. The van der Waals surface area contributed by atoms with Gasteiger partial charge in [0.2, 0.25) is 5.71 Å². The van der Waals surface area contributed by atoms with Crippen molar-refractivity contribution in [1.29, 1.82) is 0 Å². The monoisotopic (exact) mass is 1230 g/mol. The number of hydrogen-bond donors (Lipinski definition) is 0. The molecule has 0 amide bonds. The third-order valence-electron chi connectivity index (χ3n) is 14.5. The molecule has 0 aliphatic heterocycles. The fraction of sp³-hybridized carbons (Fsp3) is 0.113. The average molecular weight is 1230 g/mol. The van der Waals surface area contributed by atoms with Crippen LogP contribution in [0.15, 0.2) is 223 Å². The van der Waals surface area contributed by atoms with Crippen molar-refractivity contribution in [3.63, 3.8) is 0 Å². The summed E-state index contributed by atoms with van der Waals surface area (Å²) in [6.07, 6.45) is 1.91. The molecule has 5 nitrogen and oxygen atoms in total. The van der Waals surface area contributed by atoms with Crippen LogP contribution in [0.1, 0.15) is 41.9 Å². The van der Waals surface area contributed by atoms with E-state index in [4.69, 9.17) is 19.9 Å². The first-order chi connectivity index (χ1) is 39.5. The van der Waals surface area contributed by atoms with Crippen LogP contribution in [0.25, 0.3) is 111 Å². The molecule has 1 radical (unpaired) electrons. The van der Waals surface area contributed by atoms with Crippen LogP contribution in [0.4, 0.5) is 4.39 Å². The van der Waals surface area contributed by atoms with Crippen molar-refractivity contribution in [1.82, 2.24) is 19.5 Å². The van der Waals surface area contributed by atoms with E-state index >= 15 is 0 Å². The Morgan fingerprint density at radius 2 is 1.27 bits per heavy atom. The minimum absolute atomic E-state index is 0. The summed E-state index contributed by atoms with van der Waals surface area (Å²) in [4.78, 5) is 15.0. The fourth-order valence-electron chi connectivity index (χ4n) is 10.7. The SMILES string of the molecule is [2H]C(C)(C)c1cc(-c2[c-]cc(F)c(-c3ccccc3)c2)ncc1[Si](C)(C)C.[2H]C([2H])([2H])c1ccc(-c2nc3oc4c(-c5nc6ccccc6n5Cc5c(-c6ccccc6)cccc5-c5ccccc5)[c-]ccc4c3c3ccccc23)cc1.[Ir]. The first-order valence-electron chi connectivity index (χ1n) is 28.2. The Morgan fingerprint density at radius 3 is 1.91 bits per heavy atom. The van der Waals surface area contributed by atoms with Crippen molar-refractivity contribution in [2.24, 2.45) is 0 Å². The van der Waals surface area contributed by atoms with Gasteiger partial charge in [0.25, 0.3) is 0 Å². The molecule has 0 spiro atoms. The molecule has 0 N–H and O–H groups in total. The van der Waals surface area contributed by atoms with E-state index in [0.29, 0.717) is 23.4 Å². The van der Waals surface area contributed by atoms with Gasteiger partial charge in [-0.3, -0.25) is 9.37 Å². The van der Waals surface area contributed by atoms with E-state index in [0.717, 1.165) is 99.9 Å². The van der Waals surface area contributed by atoms with Gasteiger partial charge in [-0.05, 0) is 74.5 Å². The Morgan fingerprint density at radius 1 is 0.646 bits per heavy atom. The third kappa shape index (κ3) is 10.3. The van der Waals surface area contributed by atoms with Crippen LogP contribution >= 0.6 is 0 Å². The Balaban J connectivity index is 0.000000217. The zero-order valence-corrected chi connectivity index (χ0v) is 47.8. The number of pyridine rings is 2. The smallest absolute Gasteiger partial charge is 0.217 e. The molecule has 9 aromatic carbocycles. The number of hydrogen-bond acceptors (Lipinski definition) is 4. The molecule has 4 aromatic heterocycles. The van der Waals surface area contributed by atoms with Crippen molar-refractivity contribution in [2.45, 2.75) is 52.8 Å². The Kier molecular flexibility index (Phi) is 13.4. The summed E-state index contributed by atoms with van der Waals surface area (Å²) in [6.45, 7) is 8.95. The molecule has 0 fully saturated rings. The largest absolute Gasteiger partial charge is 0.486 e. The second-order valence-corrected chi connectivity index (χ2v) is 25.9. The number of benzene rings is 9. The fourth-order valence-corrected chi connectivity index (χ4v) is 12.2. The normalized spacial score (nSPS) is 12.6. The van der Waals surface area contributed by atoms with E-state index in [9.17, 15) is 4.39 Å². The molecular weight excluding hydrogens is 1160 g/mol. The molecule has 0 aliphatic rings. The number of para-hydroxylation sites is 2. The standard InChI is InChI=1S/C48H32N3O.C23H25FNSi.Ir/c1-31-26-28-34(29-27-31)45-38-19-9-8-18-37(38)44-39-22-13-23-40(46(39)52-48(44)50-45)47-49-42-24-10-11-25-43(42)51(47)30-41-35(32-14-4-2-5-15-32)20-12-21-36(41)33-16-6-3-7-17-33;1-16(2)19-14-22(25-15-23(19)26(3,4)5)18-11-12-21(24)20(13-18)17-9-7-6-8-10-17;/h2-22,24-29H,30H2,1H3;6-10,12-16H,1-5H3;/q2*-1;/i1D3;16D;. The molecule has 0 aliphatic carbocycles. The number of halogens is 1. The van der Waals surface area contributed by atoms with E-state index in [1.165, 1.54) is 16.8 Å². The molecule has 0 saturated heterocycles. The van der Waals surface area contributed by atoms with Crippen LogP contribution in [0.5, 0.6) is 0 Å². The number of aromatic nitrogens is 4. The van der Waals surface area contributed by atoms with E-state index < -0.39 is 20.8 Å². The van der Waals surface area contributed by atoms with Crippen molar-refractivity contribution >= 4 is 57.1 Å². The summed E-state index contributed by atoms with van der Waals surface area (Å²) in [5, 5.41) is 4.97. The van der Waals surface area contributed by atoms with Crippen LogP contribution < -0.4 is 5.19 Å². The van der Waals surface area contributed by atoms with Gasteiger partial charge in [-0.15, -0.1) is 42.0 Å². The van der Waals surface area contributed by atoms with Gasteiger partial charge in [0, 0.05) is 60.5 Å². The van der Waals surface area contributed by atoms with Gasteiger partial charge in [-0.2, -0.15) is 0 Å². The number of furan rings is 1. The number of rotatable bonds is 10. The topological polar surface area (TPSA) is 56.7 Å². The van der Waals surface area contributed by atoms with Crippen LogP contribution in [-0.2, 0) is 26.7 Å². The number of nitrogens with zero attached hydrogens (tertiary/aromatic N) is 4. The van der Waals surface area contributed by atoms with Gasteiger partial charge >= 0.3 is 0 Å². The van der Waals surface area contributed by atoms with Crippen LogP contribution in [0.3, 0.4) is 0 Å². The molecule has 79 heavy (non-hydrogen) atoms. The Bertz CT molecular complexity index is 4440. The Hall–Kier alpha value is -8.39. The van der Waals surface area contributed by atoms with Crippen molar-refractivity contribution in [2.75, 3.05) is 0 Å². The maximum atomic E-state index is 14.4. The van der Waals surface area contributed by atoms with Crippen molar-refractivity contribution < 1.29 is 34.4 Å². The van der Waals surface area contributed by atoms with E-state index in [2.05, 4.69) is 132 Å². The Labute approximate surface area is 481 Å². The molecule has 389 valence electrons. The van der Waals surface area contributed by atoms with Gasteiger partial charge in [0.15, 0.2) is 0 Å². The van der Waals surface area contributed by atoms with Gasteiger partial charge in [0.1, 0.15) is 0 Å². The minimum Gasteiger partial charge on any atom is -0.486 e. The van der Waals surface area contributed by atoms with Gasteiger partial charge in [-0.1, -0.05) is 237 Å². The molecular formula is C71H57FIrN4OSi-2. The van der Waals surface area contributed by atoms with Gasteiger partial charge < -0.3 is 14.0 Å². The van der Waals surface area contributed by atoms with Gasteiger partial charge in [-0.25, -0.2) is 4.98 Å². The van der Waals surface area contributed by atoms with E-state index in [1.807, 2.05) is 117 Å². The molecule has 13 aromatic rings. The molecule has 8 heteroatoms. The maximum absolute atomic E-state index is 14.4. The molecule has 4 heterocycles. The predicted molar refractivity (Wildman–Crippen MR) is 324 cm³/mol. The molecule has 0 bridgehead atoms. The zero-order valence-electron chi connectivity index (χ0n) is 48.4. The van der Waals surface area contributed by atoms with Gasteiger partial charge in [0.05, 0.1) is 36.2 Å². The molecule has 0 atom stereocenters. The summed E-state index contributed by atoms with van der Waals surface area (Å²) in [5.41, 5.74) is 15.2. The number of fused-ring (bicyclic) bond motifs is 6. The maximum Gasteiger partial charge on any atom is 0.217 e. The third-order valence-corrected chi connectivity index (χ3v) is 16.5. The summed E-state index contributed by atoms with van der Waals surface area (Å²) in [6, 6.07) is 76.1. The second-order valence-electron chi connectivity index (χ2n) is 20.9. The first-order valence-corrected chi connectivity index (χ1v) is 29.7. The zero-order chi connectivity index (χ0) is 56.9. The summed E-state index contributed by atoms with van der Waals surface area (Å²) < 4.78 is 55.6.